The van der Waals surface area contributed by atoms with Crippen molar-refractivity contribution in [3.63, 3.8) is 0 Å². The Labute approximate surface area is 170 Å². The molecule has 0 atom stereocenters. The van der Waals surface area contributed by atoms with Crippen LogP contribution in [0.25, 0.3) is 6.08 Å². The number of hydrogen-bond acceptors (Lipinski definition) is 4. The zero-order chi connectivity index (χ0) is 20.5. The molecule has 2 aromatic rings. The molecule has 0 fully saturated rings. The Morgan fingerprint density at radius 2 is 1.93 bits per heavy atom. The minimum atomic E-state index is -0.345. The van der Waals surface area contributed by atoms with Gasteiger partial charge in [0.1, 0.15) is 11.5 Å². The number of amides is 1. The van der Waals surface area contributed by atoms with Gasteiger partial charge < -0.3 is 14.8 Å². The number of carbonyl (C=O) groups is 1. The highest BCUT2D eigenvalue weighted by molar-refractivity contribution is 7.80. The number of carbonyl (C=O) groups excluding carboxylic acids is 1. The van der Waals surface area contributed by atoms with Crippen molar-refractivity contribution >= 4 is 35.0 Å². The summed E-state index contributed by atoms with van der Waals surface area (Å²) in [4.78, 5) is 12.1. The first-order valence-corrected chi connectivity index (χ1v) is 9.24. The van der Waals surface area contributed by atoms with Crippen molar-refractivity contribution in [3.8, 4) is 11.5 Å². The number of anilines is 1. The molecule has 0 saturated heterocycles. The molecule has 2 rings (SSSR count). The van der Waals surface area contributed by atoms with E-state index in [9.17, 15) is 4.79 Å². The number of hydrogen-bond donors (Lipinski definition) is 3. The number of ether oxygens (including phenoxy) is 2. The lowest BCUT2D eigenvalue weighted by atomic mass is 10.1. The van der Waals surface area contributed by atoms with Gasteiger partial charge in [-0.05, 0) is 54.9 Å². The minimum absolute atomic E-state index is 0.313. The quantitative estimate of drug-likeness (QED) is 0.392. The van der Waals surface area contributed by atoms with Crippen LogP contribution in [0.5, 0.6) is 11.5 Å². The standard InChI is InChI=1S/C21H25N3O3S/c1-5-15-8-6-7-14(2)20(15)22-21(28)24-23-19(25)12-10-16-9-11-17(26-3)13-18(16)27-4/h6-13H,5H2,1-4H3,(H,23,25)(H2,22,24,28)/b12-10+. The largest absolute Gasteiger partial charge is 0.497 e. The van der Waals surface area contributed by atoms with Crippen molar-refractivity contribution in [1.82, 2.24) is 10.9 Å². The van der Waals surface area contributed by atoms with E-state index in [-0.39, 0.29) is 5.91 Å². The van der Waals surface area contributed by atoms with E-state index in [0.29, 0.717) is 16.6 Å². The van der Waals surface area contributed by atoms with Gasteiger partial charge in [0, 0.05) is 23.4 Å². The molecular formula is C21H25N3O3S. The summed E-state index contributed by atoms with van der Waals surface area (Å²) in [6.45, 7) is 4.09. The van der Waals surface area contributed by atoms with E-state index in [1.54, 1.807) is 32.4 Å². The lowest BCUT2D eigenvalue weighted by molar-refractivity contribution is -0.116. The fourth-order valence-corrected chi connectivity index (χ4v) is 2.78. The summed E-state index contributed by atoms with van der Waals surface area (Å²) in [5, 5.41) is 3.45. The number of para-hydroxylation sites is 1. The fraction of sp³-hybridized carbons (Fsp3) is 0.238. The molecule has 28 heavy (non-hydrogen) atoms. The molecule has 0 bridgehead atoms. The first-order chi connectivity index (χ1) is 13.5. The van der Waals surface area contributed by atoms with Gasteiger partial charge >= 0.3 is 0 Å². The van der Waals surface area contributed by atoms with Crippen LogP contribution in [-0.2, 0) is 11.2 Å². The van der Waals surface area contributed by atoms with Gasteiger partial charge in [-0.1, -0.05) is 25.1 Å². The highest BCUT2D eigenvalue weighted by Crippen LogP contribution is 2.25. The number of nitrogens with one attached hydrogen (secondary N) is 3. The molecule has 2 aromatic carbocycles. The Hall–Kier alpha value is -3.06. The first kappa shape index (κ1) is 21.2. The third kappa shape index (κ3) is 5.72. The molecular weight excluding hydrogens is 374 g/mol. The predicted molar refractivity (Wildman–Crippen MR) is 117 cm³/mol. The second-order valence-corrected chi connectivity index (χ2v) is 6.38. The van der Waals surface area contributed by atoms with E-state index in [2.05, 4.69) is 23.1 Å². The van der Waals surface area contributed by atoms with Crippen molar-refractivity contribution < 1.29 is 14.3 Å². The summed E-state index contributed by atoms with van der Waals surface area (Å²) in [5.74, 6) is 0.946. The van der Waals surface area contributed by atoms with Gasteiger partial charge in [-0.15, -0.1) is 0 Å². The molecule has 0 saturated carbocycles. The van der Waals surface area contributed by atoms with E-state index >= 15 is 0 Å². The second kappa shape index (κ2) is 10.3. The van der Waals surface area contributed by atoms with Crippen LogP contribution in [0.1, 0.15) is 23.6 Å². The molecule has 3 N–H and O–H groups in total. The minimum Gasteiger partial charge on any atom is -0.497 e. The van der Waals surface area contributed by atoms with Gasteiger partial charge in [-0.2, -0.15) is 0 Å². The average molecular weight is 400 g/mol. The Kier molecular flexibility index (Phi) is 7.83. The summed E-state index contributed by atoms with van der Waals surface area (Å²) in [6.07, 6.45) is 3.93. The lowest BCUT2D eigenvalue weighted by Crippen LogP contribution is -2.43. The van der Waals surface area contributed by atoms with Crippen LogP contribution < -0.4 is 25.6 Å². The maximum Gasteiger partial charge on any atom is 0.262 e. The summed E-state index contributed by atoms with van der Waals surface area (Å²) in [5.41, 5.74) is 9.21. The number of aryl methyl sites for hydroxylation is 2. The number of hydrazine groups is 1. The summed E-state index contributed by atoms with van der Waals surface area (Å²) in [6, 6.07) is 11.4. The third-order valence-corrected chi connectivity index (χ3v) is 4.34. The fourth-order valence-electron chi connectivity index (χ4n) is 2.63. The SMILES string of the molecule is CCc1cccc(C)c1NC(=S)NNC(=O)/C=C/c1ccc(OC)cc1OC. The second-order valence-electron chi connectivity index (χ2n) is 5.97. The van der Waals surface area contributed by atoms with Gasteiger partial charge in [-0.25, -0.2) is 0 Å². The summed E-state index contributed by atoms with van der Waals surface area (Å²) in [7, 11) is 3.15. The van der Waals surface area contributed by atoms with Crippen LogP contribution in [0, 0.1) is 6.92 Å². The topological polar surface area (TPSA) is 71.6 Å². The van der Waals surface area contributed by atoms with Crippen molar-refractivity contribution in [1.29, 1.82) is 0 Å². The van der Waals surface area contributed by atoms with Crippen molar-refractivity contribution in [2.45, 2.75) is 20.3 Å². The van der Waals surface area contributed by atoms with Crippen LogP contribution >= 0.6 is 12.2 Å². The molecule has 0 radical (unpaired) electrons. The molecule has 0 aliphatic heterocycles. The van der Waals surface area contributed by atoms with E-state index in [0.717, 1.165) is 28.8 Å². The van der Waals surface area contributed by atoms with Gasteiger partial charge in [0.2, 0.25) is 0 Å². The number of benzene rings is 2. The van der Waals surface area contributed by atoms with Gasteiger partial charge in [0.25, 0.3) is 5.91 Å². The Balaban J connectivity index is 1.94. The van der Waals surface area contributed by atoms with Gasteiger partial charge in [0.15, 0.2) is 5.11 Å². The molecule has 0 spiro atoms. The zero-order valence-electron chi connectivity index (χ0n) is 16.5. The van der Waals surface area contributed by atoms with Crippen molar-refractivity contribution in [2.75, 3.05) is 19.5 Å². The molecule has 0 aliphatic carbocycles. The Morgan fingerprint density at radius 3 is 2.61 bits per heavy atom. The third-order valence-electron chi connectivity index (χ3n) is 4.13. The molecule has 1 amide bonds. The smallest absolute Gasteiger partial charge is 0.262 e. The van der Waals surface area contributed by atoms with Crippen molar-refractivity contribution in [2.24, 2.45) is 0 Å². The Morgan fingerprint density at radius 1 is 1.14 bits per heavy atom. The van der Waals surface area contributed by atoms with Crippen LogP contribution in [0.2, 0.25) is 0 Å². The molecule has 6 nitrogen and oxygen atoms in total. The Bertz CT molecular complexity index is 881. The maximum absolute atomic E-state index is 12.1. The molecule has 0 aromatic heterocycles. The normalized spacial score (nSPS) is 10.4. The monoisotopic (exact) mass is 399 g/mol. The van der Waals surface area contributed by atoms with Crippen LogP contribution in [0.15, 0.2) is 42.5 Å². The highest BCUT2D eigenvalue weighted by Gasteiger charge is 2.07. The van der Waals surface area contributed by atoms with Crippen LogP contribution in [-0.4, -0.2) is 25.2 Å². The summed E-state index contributed by atoms with van der Waals surface area (Å²) < 4.78 is 10.5. The zero-order valence-corrected chi connectivity index (χ0v) is 17.3. The first-order valence-electron chi connectivity index (χ1n) is 8.84. The molecule has 0 unspecified atom stereocenters. The maximum atomic E-state index is 12.1. The predicted octanol–water partition coefficient (Wildman–Crippen LogP) is 3.61. The van der Waals surface area contributed by atoms with E-state index in [1.165, 1.54) is 6.08 Å². The molecule has 0 aliphatic rings. The molecule has 148 valence electrons. The van der Waals surface area contributed by atoms with Crippen molar-refractivity contribution in [3.05, 3.63) is 59.2 Å². The highest BCUT2D eigenvalue weighted by atomic mass is 32.1. The average Bonchev–Trinajstić information content (AvgIpc) is 2.71. The lowest BCUT2D eigenvalue weighted by Gasteiger charge is -2.15. The number of rotatable bonds is 6. The van der Waals surface area contributed by atoms with Gasteiger partial charge in [0.05, 0.1) is 14.2 Å². The number of methoxy groups -OCH3 is 2. The van der Waals surface area contributed by atoms with E-state index < -0.39 is 0 Å². The molecule has 0 heterocycles. The van der Waals surface area contributed by atoms with Crippen LogP contribution in [0.4, 0.5) is 5.69 Å². The summed E-state index contributed by atoms with van der Waals surface area (Å²) >= 11 is 5.27. The van der Waals surface area contributed by atoms with E-state index in [4.69, 9.17) is 21.7 Å². The van der Waals surface area contributed by atoms with Gasteiger partial charge in [-0.3, -0.25) is 15.6 Å². The number of thiocarbonyl (C=S) groups is 1. The van der Waals surface area contributed by atoms with E-state index in [1.807, 2.05) is 31.2 Å². The van der Waals surface area contributed by atoms with Crippen LogP contribution in [0.3, 0.4) is 0 Å². The molecule has 7 heteroatoms.